The minimum absolute atomic E-state index is 0.00397. The van der Waals surface area contributed by atoms with Gasteiger partial charge in [0, 0.05) is 17.6 Å². The number of nitrogens with two attached hydrogens (primary N) is 1. The quantitative estimate of drug-likeness (QED) is 0.494. The number of fused-ring (bicyclic) bond motifs is 1. The van der Waals surface area contributed by atoms with E-state index in [2.05, 4.69) is 31.5 Å². The number of halogens is 1. The zero-order chi connectivity index (χ0) is 21.3. The van der Waals surface area contributed by atoms with Crippen molar-refractivity contribution in [3.05, 3.63) is 53.3 Å². The molecule has 0 spiro atoms. The van der Waals surface area contributed by atoms with Crippen molar-refractivity contribution in [3.8, 4) is 0 Å². The minimum atomic E-state index is -0.647. The largest absolute Gasteiger partial charge is 0.351 e. The normalized spacial score (nSPS) is 13.1. The minimum Gasteiger partial charge on any atom is -0.351 e. The molecule has 9 nitrogen and oxygen atoms in total. The summed E-state index contributed by atoms with van der Waals surface area (Å²) in [5, 5.41) is 6.20. The molecule has 2 heterocycles. The number of aromatic nitrogens is 2. The van der Waals surface area contributed by atoms with Crippen molar-refractivity contribution in [2.45, 2.75) is 18.9 Å². The predicted molar refractivity (Wildman–Crippen MR) is 116 cm³/mol. The number of nitrogens with zero attached hydrogens (tertiary/aromatic N) is 3. The zero-order valence-electron chi connectivity index (χ0n) is 15.8. The molecule has 0 unspecified atom stereocenters. The Kier molecular flexibility index (Phi) is 5.40. The topological polar surface area (TPSA) is 122 Å². The molecule has 154 valence electrons. The van der Waals surface area contributed by atoms with Crippen LogP contribution in [0.1, 0.15) is 12.8 Å². The van der Waals surface area contributed by atoms with E-state index in [1.165, 1.54) is 15.7 Å². The van der Waals surface area contributed by atoms with E-state index in [9.17, 15) is 14.4 Å². The van der Waals surface area contributed by atoms with E-state index in [-0.39, 0.29) is 18.5 Å². The van der Waals surface area contributed by atoms with Crippen molar-refractivity contribution in [1.82, 2.24) is 14.5 Å². The molecular weight excluding hydrogens is 452 g/mol. The lowest BCUT2D eigenvalue weighted by atomic mass is 10.2. The average Bonchev–Trinajstić information content (AvgIpc) is 3.48. The lowest BCUT2D eigenvalue weighted by Gasteiger charge is -2.22. The summed E-state index contributed by atoms with van der Waals surface area (Å²) in [4.78, 5) is 42.8. The number of hydrogen-bond donors (Lipinski definition) is 3. The maximum atomic E-state index is 12.9. The highest BCUT2D eigenvalue weighted by atomic mass is 79.9. The van der Waals surface area contributed by atoms with Gasteiger partial charge in [-0.3, -0.25) is 9.36 Å². The molecule has 4 rings (SSSR count). The van der Waals surface area contributed by atoms with Gasteiger partial charge in [-0.15, -0.1) is 0 Å². The van der Waals surface area contributed by atoms with Crippen molar-refractivity contribution in [1.29, 1.82) is 0 Å². The molecule has 0 aliphatic heterocycles. The Hall–Kier alpha value is -3.40. The van der Waals surface area contributed by atoms with Gasteiger partial charge in [0.2, 0.25) is 5.91 Å². The molecule has 3 aromatic rings. The summed E-state index contributed by atoms with van der Waals surface area (Å²) in [6.45, 7) is -0.112. The van der Waals surface area contributed by atoms with Crippen LogP contribution in [0.4, 0.5) is 21.1 Å². The fourth-order valence-corrected chi connectivity index (χ4v) is 3.56. The molecule has 1 aromatic carbocycles. The number of pyridine rings is 1. The van der Waals surface area contributed by atoms with Gasteiger partial charge in [-0.1, -0.05) is 24.3 Å². The van der Waals surface area contributed by atoms with Crippen molar-refractivity contribution in [2.75, 3.05) is 17.2 Å². The van der Waals surface area contributed by atoms with Crippen LogP contribution in [0.3, 0.4) is 0 Å². The molecule has 0 atom stereocenters. The summed E-state index contributed by atoms with van der Waals surface area (Å²) in [6.07, 6.45) is 3.15. The van der Waals surface area contributed by atoms with Crippen molar-refractivity contribution in [3.63, 3.8) is 0 Å². The first kappa shape index (κ1) is 19.9. The van der Waals surface area contributed by atoms with E-state index < -0.39 is 12.1 Å². The van der Waals surface area contributed by atoms with Gasteiger partial charge in [-0.2, -0.15) is 0 Å². The summed E-state index contributed by atoms with van der Waals surface area (Å²) < 4.78 is 1.88. The molecule has 2 aromatic heterocycles. The molecule has 4 amide bonds. The first-order valence-corrected chi connectivity index (χ1v) is 10.1. The van der Waals surface area contributed by atoms with Gasteiger partial charge < -0.3 is 21.3 Å². The van der Waals surface area contributed by atoms with Gasteiger partial charge in [-0.05, 0) is 47.0 Å². The Morgan fingerprint density at radius 1 is 1.13 bits per heavy atom. The highest BCUT2D eigenvalue weighted by Gasteiger charge is 2.34. The van der Waals surface area contributed by atoms with Crippen LogP contribution in [0.2, 0.25) is 0 Å². The zero-order valence-corrected chi connectivity index (χ0v) is 17.4. The molecule has 0 radical (unpaired) electrons. The Morgan fingerprint density at radius 2 is 1.90 bits per heavy atom. The van der Waals surface area contributed by atoms with Crippen LogP contribution in [0.5, 0.6) is 0 Å². The second kappa shape index (κ2) is 8.15. The van der Waals surface area contributed by atoms with E-state index in [0.29, 0.717) is 27.0 Å². The maximum absolute atomic E-state index is 12.9. The molecule has 0 bridgehead atoms. The van der Waals surface area contributed by atoms with Gasteiger partial charge in [0.1, 0.15) is 17.0 Å². The van der Waals surface area contributed by atoms with Crippen LogP contribution in [0.15, 0.2) is 53.3 Å². The summed E-state index contributed by atoms with van der Waals surface area (Å²) in [5.74, 6) is 0.0530. The number of rotatable bonds is 5. The van der Waals surface area contributed by atoms with Crippen molar-refractivity contribution in [2.24, 2.45) is 5.73 Å². The third-order valence-corrected chi connectivity index (χ3v) is 5.18. The number of carbonyl (C=O) groups is 3. The summed E-state index contributed by atoms with van der Waals surface area (Å²) in [5.41, 5.74) is 6.48. The average molecular weight is 471 g/mol. The number of primary amides is 1. The fourth-order valence-electron chi connectivity index (χ4n) is 3.22. The number of carbonyl (C=O) groups excluding carboxylic acids is 3. The predicted octanol–water partition coefficient (Wildman–Crippen LogP) is 3.36. The van der Waals surface area contributed by atoms with Crippen LogP contribution < -0.4 is 16.4 Å². The number of nitrogens with one attached hydrogen (secondary N) is 2. The van der Waals surface area contributed by atoms with E-state index in [1.54, 1.807) is 42.5 Å². The van der Waals surface area contributed by atoms with Gasteiger partial charge >= 0.3 is 12.1 Å². The van der Waals surface area contributed by atoms with E-state index in [4.69, 9.17) is 5.73 Å². The lowest BCUT2D eigenvalue weighted by molar-refractivity contribution is -0.116. The van der Waals surface area contributed by atoms with Gasteiger partial charge in [0.15, 0.2) is 0 Å². The number of benzene rings is 1. The maximum Gasteiger partial charge on any atom is 0.323 e. The molecule has 1 aliphatic rings. The summed E-state index contributed by atoms with van der Waals surface area (Å²) in [6, 6.07) is 11.2. The first-order valence-electron chi connectivity index (χ1n) is 9.32. The lowest BCUT2D eigenvalue weighted by Crippen LogP contribution is -2.42. The molecule has 1 fully saturated rings. The van der Waals surface area contributed by atoms with Crippen LogP contribution in [0, 0.1) is 0 Å². The van der Waals surface area contributed by atoms with Crippen LogP contribution in [-0.2, 0) is 4.79 Å². The van der Waals surface area contributed by atoms with Crippen LogP contribution in [0.25, 0.3) is 10.9 Å². The second-order valence-corrected chi connectivity index (χ2v) is 7.76. The molecular formula is C20H19BrN6O3. The van der Waals surface area contributed by atoms with E-state index >= 15 is 0 Å². The monoisotopic (exact) mass is 470 g/mol. The highest BCUT2D eigenvalue weighted by molar-refractivity contribution is 9.10. The van der Waals surface area contributed by atoms with Crippen molar-refractivity contribution < 1.29 is 14.4 Å². The third-order valence-electron chi connectivity index (χ3n) is 4.74. The molecule has 4 N–H and O–H groups in total. The Morgan fingerprint density at radius 3 is 2.60 bits per heavy atom. The first-order chi connectivity index (χ1) is 14.4. The molecule has 30 heavy (non-hydrogen) atoms. The molecule has 10 heteroatoms. The van der Waals surface area contributed by atoms with Crippen LogP contribution in [-0.4, -0.2) is 45.0 Å². The number of anilines is 2. The SMILES string of the molecule is NC(=O)n1cc(NC(=O)N(CC(=O)Nc2cccc(Br)n2)C2CC2)c2ccccc21. The number of hydrogen-bond acceptors (Lipinski definition) is 4. The number of amides is 4. The third kappa shape index (κ3) is 4.28. The summed E-state index contributed by atoms with van der Waals surface area (Å²) in [7, 11) is 0. The molecule has 1 aliphatic carbocycles. The second-order valence-electron chi connectivity index (χ2n) is 6.95. The molecule has 1 saturated carbocycles. The Bertz CT molecular complexity index is 1140. The van der Waals surface area contributed by atoms with Gasteiger partial charge in [-0.25, -0.2) is 14.6 Å². The van der Waals surface area contributed by atoms with Gasteiger partial charge in [0.25, 0.3) is 0 Å². The highest BCUT2D eigenvalue weighted by Crippen LogP contribution is 2.30. The van der Waals surface area contributed by atoms with Crippen molar-refractivity contribution >= 4 is 56.3 Å². The van der Waals surface area contributed by atoms with E-state index in [0.717, 1.165) is 12.8 Å². The summed E-state index contributed by atoms with van der Waals surface area (Å²) >= 11 is 3.26. The number of urea groups is 1. The number of para-hydroxylation sites is 1. The van der Waals surface area contributed by atoms with Crippen LogP contribution >= 0.6 is 15.9 Å². The standard InChI is InChI=1S/C20H19BrN6O3/c21-16-6-3-7-17(24-16)25-18(28)11-26(12-8-9-12)20(30)23-14-10-27(19(22)29)15-5-2-1-4-13(14)15/h1-7,10,12H,8-9,11H2,(H2,22,29)(H,23,30)(H,24,25,28). The molecule has 0 saturated heterocycles. The fraction of sp³-hybridized carbons (Fsp3) is 0.200. The Labute approximate surface area is 180 Å². The smallest absolute Gasteiger partial charge is 0.323 e. The Balaban J connectivity index is 1.50. The van der Waals surface area contributed by atoms with E-state index in [1.807, 2.05) is 0 Å². The van der Waals surface area contributed by atoms with Gasteiger partial charge in [0.05, 0.1) is 11.2 Å².